The Kier molecular flexibility index (Phi) is 3.90. The predicted molar refractivity (Wildman–Crippen MR) is 73.0 cm³/mol. The summed E-state index contributed by atoms with van der Waals surface area (Å²) in [5.74, 6) is -0.438. The Morgan fingerprint density at radius 1 is 1.11 bits per heavy atom. The highest BCUT2D eigenvalue weighted by atomic mass is 16.4. The van der Waals surface area contributed by atoms with Crippen molar-refractivity contribution in [2.45, 2.75) is 20.3 Å². The first-order chi connectivity index (χ1) is 9.06. The number of aromatic nitrogens is 2. The molecule has 2 rings (SSSR count). The van der Waals surface area contributed by atoms with E-state index in [1.165, 1.54) is 11.6 Å². The second-order valence-electron chi connectivity index (χ2n) is 4.90. The topological polar surface area (TPSA) is 63.1 Å². The molecule has 0 saturated heterocycles. The minimum atomic E-state index is -1.06. The molecule has 1 N–H and O–H groups in total. The van der Waals surface area contributed by atoms with Gasteiger partial charge < -0.3 is 5.11 Å². The number of carboxylic acids is 1. The fourth-order valence-corrected chi connectivity index (χ4v) is 1.88. The van der Waals surface area contributed by atoms with E-state index in [0.29, 0.717) is 11.6 Å². The maximum absolute atomic E-state index is 10.7. The van der Waals surface area contributed by atoms with E-state index in [4.69, 9.17) is 5.11 Å². The van der Waals surface area contributed by atoms with E-state index < -0.39 is 5.97 Å². The lowest BCUT2D eigenvalue weighted by molar-refractivity contribution is 0.0689. The molecular weight excluding hydrogens is 240 g/mol. The van der Waals surface area contributed by atoms with Gasteiger partial charge in [-0.2, -0.15) is 0 Å². The van der Waals surface area contributed by atoms with Crippen molar-refractivity contribution < 1.29 is 9.90 Å². The van der Waals surface area contributed by atoms with Gasteiger partial charge in [0.2, 0.25) is 0 Å². The first-order valence-corrected chi connectivity index (χ1v) is 6.22. The van der Waals surface area contributed by atoms with Crippen LogP contribution in [0, 0.1) is 5.92 Å². The zero-order valence-corrected chi connectivity index (χ0v) is 11.0. The second kappa shape index (κ2) is 5.61. The summed E-state index contributed by atoms with van der Waals surface area (Å²) in [4.78, 5) is 10.7. The monoisotopic (exact) mass is 256 g/mol. The Balaban J connectivity index is 2.19. The van der Waals surface area contributed by atoms with Gasteiger partial charge in [0.05, 0.1) is 5.69 Å². The molecule has 19 heavy (non-hydrogen) atoms. The normalized spacial score (nSPS) is 10.7. The highest BCUT2D eigenvalue weighted by Gasteiger charge is 2.06. The van der Waals surface area contributed by atoms with Crippen LogP contribution in [-0.2, 0) is 6.42 Å². The summed E-state index contributed by atoms with van der Waals surface area (Å²) < 4.78 is 0. The minimum absolute atomic E-state index is 0.0415. The first kappa shape index (κ1) is 13.2. The van der Waals surface area contributed by atoms with E-state index in [2.05, 4.69) is 36.2 Å². The molecule has 2 aromatic rings. The van der Waals surface area contributed by atoms with Crippen LogP contribution in [0.5, 0.6) is 0 Å². The third kappa shape index (κ3) is 3.37. The molecule has 0 aliphatic rings. The van der Waals surface area contributed by atoms with E-state index in [0.717, 1.165) is 12.0 Å². The maximum Gasteiger partial charge on any atom is 0.356 e. The van der Waals surface area contributed by atoms with E-state index >= 15 is 0 Å². The highest BCUT2D eigenvalue weighted by Crippen LogP contribution is 2.18. The van der Waals surface area contributed by atoms with Crippen molar-refractivity contribution in [2.24, 2.45) is 5.92 Å². The molecule has 0 radical (unpaired) electrons. The molecular formula is C15H16N2O2. The summed E-state index contributed by atoms with van der Waals surface area (Å²) >= 11 is 0. The Morgan fingerprint density at radius 3 is 2.26 bits per heavy atom. The van der Waals surface area contributed by atoms with Crippen molar-refractivity contribution in [2.75, 3.05) is 0 Å². The van der Waals surface area contributed by atoms with Gasteiger partial charge in [-0.15, -0.1) is 10.2 Å². The van der Waals surface area contributed by atoms with Crippen LogP contribution in [0.4, 0.5) is 0 Å². The molecule has 1 aromatic heterocycles. The molecule has 0 spiro atoms. The standard InChI is InChI=1S/C15H16N2O2/c1-10(2)9-11-3-5-12(6-4-11)13-7-8-14(15(18)19)17-16-13/h3-8,10H,9H2,1-2H3,(H,18,19). The number of carboxylic acid groups (broad SMARTS) is 1. The fourth-order valence-electron chi connectivity index (χ4n) is 1.88. The molecule has 0 amide bonds. The molecule has 0 bridgehead atoms. The van der Waals surface area contributed by atoms with Gasteiger partial charge in [0.25, 0.3) is 0 Å². The molecule has 98 valence electrons. The summed E-state index contributed by atoms with van der Waals surface area (Å²) in [6.07, 6.45) is 1.05. The Morgan fingerprint density at radius 2 is 1.79 bits per heavy atom. The molecule has 0 aliphatic heterocycles. The molecule has 4 nitrogen and oxygen atoms in total. The molecule has 0 atom stereocenters. The average molecular weight is 256 g/mol. The second-order valence-corrected chi connectivity index (χ2v) is 4.90. The SMILES string of the molecule is CC(C)Cc1ccc(-c2ccc(C(=O)O)nn2)cc1. The van der Waals surface area contributed by atoms with E-state index in [-0.39, 0.29) is 5.69 Å². The fraction of sp³-hybridized carbons (Fsp3) is 0.267. The van der Waals surface area contributed by atoms with Gasteiger partial charge in [0.15, 0.2) is 5.69 Å². The Labute approximate surface area is 112 Å². The van der Waals surface area contributed by atoms with Gasteiger partial charge in [-0.1, -0.05) is 38.1 Å². The van der Waals surface area contributed by atoms with Crippen LogP contribution in [0.25, 0.3) is 11.3 Å². The quantitative estimate of drug-likeness (QED) is 0.913. The van der Waals surface area contributed by atoms with Crippen LogP contribution in [-0.4, -0.2) is 21.3 Å². The van der Waals surface area contributed by atoms with E-state index in [1.54, 1.807) is 6.07 Å². The maximum atomic E-state index is 10.7. The van der Waals surface area contributed by atoms with Gasteiger partial charge in [-0.25, -0.2) is 4.79 Å². The average Bonchev–Trinajstić information content (AvgIpc) is 2.39. The number of rotatable bonds is 4. The van der Waals surface area contributed by atoms with Crippen molar-refractivity contribution in [1.82, 2.24) is 10.2 Å². The minimum Gasteiger partial charge on any atom is -0.476 e. The van der Waals surface area contributed by atoms with E-state index in [1.807, 2.05) is 12.1 Å². The highest BCUT2D eigenvalue weighted by molar-refractivity contribution is 5.85. The van der Waals surface area contributed by atoms with Crippen LogP contribution in [0.15, 0.2) is 36.4 Å². The van der Waals surface area contributed by atoms with Crippen molar-refractivity contribution in [3.05, 3.63) is 47.7 Å². The Hall–Kier alpha value is -2.23. The molecule has 0 aliphatic carbocycles. The molecule has 0 saturated carbocycles. The summed E-state index contributed by atoms with van der Waals surface area (Å²) in [6.45, 7) is 4.37. The lowest BCUT2D eigenvalue weighted by Crippen LogP contribution is -2.02. The third-order valence-corrected chi connectivity index (χ3v) is 2.78. The predicted octanol–water partition coefficient (Wildman–Crippen LogP) is 3.04. The number of aromatic carboxylic acids is 1. The van der Waals surface area contributed by atoms with Gasteiger partial charge in [-0.05, 0) is 30.0 Å². The molecule has 0 fully saturated rings. The lowest BCUT2D eigenvalue weighted by atomic mass is 10.0. The van der Waals surface area contributed by atoms with Crippen molar-refractivity contribution >= 4 is 5.97 Å². The van der Waals surface area contributed by atoms with Gasteiger partial charge in [0, 0.05) is 5.56 Å². The molecule has 4 heteroatoms. The molecule has 0 unspecified atom stereocenters. The van der Waals surface area contributed by atoms with Crippen molar-refractivity contribution in [3.63, 3.8) is 0 Å². The van der Waals surface area contributed by atoms with Crippen LogP contribution in [0.3, 0.4) is 0 Å². The zero-order chi connectivity index (χ0) is 13.8. The number of benzene rings is 1. The number of nitrogens with zero attached hydrogens (tertiary/aromatic N) is 2. The Bertz CT molecular complexity index is 560. The number of carbonyl (C=O) groups is 1. The van der Waals surface area contributed by atoms with Crippen molar-refractivity contribution in [3.8, 4) is 11.3 Å². The largest absolute Gasteiger partial charge is 0.476 e. The zero-order valence-electron chi connectivity index (χ0n) is 11.0. The summed E-state index contributed by atoms with van der Waals surface area (Å²) in [5, 5.41) is 16.4. The third-order valence-electron chi connectivity index (χ3n) is 2.78. The summed E-state index contributed by atoms with van der Waals surface area (Å²) in [5.41, 5.74) is 2.87. The lowest BCUT2D eigenvalue weighted by Gasteiger charge is -2.06. The molecule has 1 heterocycles. The van der Waals surface area contributed by atoms with Gasteiger partial charge in [-0.3, -0.25) is 0 Å². The van der Waals surface area contributed by atoms with Gasteiger partial charge >= 0.3 is 5.97 Å². The molecule has 1 aromatic carbocycles. The van der Waals surface area contributed by atoms with Gasteiger partial charge in [0.1, 0.15) is 0 Å². The summed E-state index contributed by atoms with van der Waals surface area (Å²) in [6, 6.07) is 11.3. The smallest absolute Gasteiger partial charge is 0.356 e. The van der Waals surface area contributed by atoms with Crippen LogP contribution in [0.1, 0.15) is 29.9 Å². The van der Waals surface area contributed by atoms with Crippen LogP contribution in [0.2, 0.25) is 0 Å². The number of hydrogen-bond acceptors (Lipinski definition) is 3. The van der Waals surface area contributed by atoms with E-state index in [9.17, 15) is 4.79 Å². The first-order valence-electron chi connectivity index (χ1n) is 6.22. The number of hydrogen-bond donors (Lipinski definition) is 1. The van der Waals surface area contributed by atoms with Crippen molar-refractivity contribution in [1.29, 1.82) is 0 Å². The van der Waals surface area contributed by atoms with Crippen LogP contribution >= 0.6 is 0 Å². The summed E-state index contributed by atoms with van der Waals surface area (Å²) in [7, 11) is 0. The van der Waals surface area contributed by atoms with Crippen LogP contribution < -0.4 is 0 Å².